The maximum atomic E-state index is 12.4. The van der Waals surface area contributed by atoms with E-state index in [1.807, 2.05) is 42.5 Å². The first-order valence-electron chi connectivity index (χ1n) is 9.67. The van der Waals surface area contributed by atoms with Gasteiger partial charge in [0.1, 0.15) is 0 Å². The molecular formula is C22H25N3O2. The highest BCUT2D eigenvalue weighted by atomic mass is 16.2. The Labute approximate surface area is 160 Å². The van der Waals surface area contributed by atoms with Gasteiger partial charge in [0.05, 0.1) is 0 Å². The molecule has 140 valence electrons. The lowest BCUT2D eigenvalue weighted by molar-refractivity contribution is -0.116. The summed E-state index contributed by atoms with van der Waals surface area (Å²) in [5, 5.41) is 2.97. The standard InChI is InChI=1S/C22H25N3O2/c26-21(10-13-25-16-18-7-1-2-9-20(18)22(25)27)23-19-8-5-6-17(14-19)15-24-11-3-4-12-24/h1-2,5-9,14H,3-4,10-13,15-16H2,(H,23,26). The number of hydrogen-bond acceptors (Lipinski definition) is 3. The first-order valence-corrected chi connectivity index (χ1v) is 9.67. The number of anilines is 1. The second kappa shape index (κ2) is 7.92. The van der Waals surface area contributed by atoms with E-state index in [1.165, 1.54) is 18.4 Å². The molecule has 0 aliphatic carbocycles. The van der Waals surface area contributed by atoms with E-state index < -0.39 is 0 Å². The smallest absolute Gasteiger partial charge is 0.254 e. The minimum absolute atomic E-state index is 0.0195. The van der Waals surface area contributed by atoms with Gasteiger partial charge in [0.15, 0.2) is 0 Å². The highest BCUT2D eigenvalue weighted by Crippen LogP contribution is 2.22. The maximum absolute atomic E-state index is 12.4. The average Bonchev–Trinajstić information content (AvgIpc) is 3.29. The number of fused-ring (bicyclic) bond motifs is 1. The Balaban J connectivity index is 1.29. The summed E-state index contributed by atoms with van der Waals surface area (Å²) in [5.41, 5.74) is 3.85. The molecule has 2 aliphatic heterocycles. The molecule has 0 bridgehead atoms. The Morgan fingerprint density at radius 1 is 1.04 bits per heavy atom. The first-order chi connectivity index (χ1) is 13.2. The number of nitrogens with one attached hydrogen (secondary N) is 1. The van der Waals surface area contributed by atoms with Gasteiger partial charge in [-0.25, -0.2) is 0 Å². The minimum Gasteiger partial charge on any atom is -0.334 e. The molecule has 0 saturated carbocycles. The van der Waals surface area contributed by atoms with Crippen LogP contribution in [0.5, 0.6) is 0 Å². The Bertz CT molecular complexity index is 843. The summed E-state index contributed by atoms with van der Waals surface area (Å²) >= 11 is 0. The van der Waals surface area contributed by atoms with Crippen LogP contribution in [0.25, 0.3) is 0 Å². The second-order valence-electron chi connectivity index (χ2n) is 7.37. The molecule has 5 nitrogen and oxygen atoms in total. The van der Waals surface area contributed by atoms with E-state index in [0.29, 0.717) is 19.5 Å². The molecule has 2 aromatic carbocycles. The molecule has 5 heteroatoms. The van der Waals surface area contributed by atoms with Crippen molar-refractivity contribution < 1.29 is 9.59 Å². The maximum Gasteiger partial charge on any atom is 0.254 e. The zero-order chi connectivity index (χ0) is 18.6. The van der Waals surface area contributed by atoms with Crippen molar-refractivity contribution in [2.75, 3.05) is 25.0 Å². The molecule has 27 heavy (non-hydrogen) atoms. The Morgan fingerprint density at radius 2 is 1.85 bits per heavy atom. The number of nitrogens with zero attached hydrogens (tertiary/aromatic N) is 2. The normalized spacial score (nSPS) is 16.6. The van der Waals surface area contributed by atoms with Gasteiger partial charge in [0, 0.05) is 37.3 Å². The number of carbonyl (C=O) groups is 2. The predicted octanol–water partition coefficient (Wildman–Crippen LogP) is 3.27. The Kier molecular flexibility index (Phi) is 5.21. The van der Waals surface area contributed by atoms with Gasteiger partial charge in [-0.3, -0.25) is 14.5 Å². The van der Waals surface area contributed by atoms with Crippen molar-refractivity contribution >= 4 is 17.5 Å². The number of amides is 2. The van der Waals surface area contributed by atoms with Crippen molar-refractivity contribution in [3.05, 3.63) is 65.2 Å². The summed E-state index contributed by atoms with van der Waals surface area (Å²) in [6, 6.07) is 15.7. The van der Waals surface area contributed by atoms with Crippen LogP contribution >= 0.6 is 0 Å². The quantitative estimate of drug-likeness (QED) is 0.857. The van der Waals surface area contributed by atoms with E-state index in [1.54, 1.807) is 4.90 Å². The van der Waals surface area contributed by atoms with E-state index in [0.717, 1.165) is 36.4 Å². The fourth-order valence-electron chi connectivity index (χ4n) is 3.90. The van der Waals surface area contributed by atoms with Crippen molar-refractivity contribution in [2.45, 2.75) is 32.4 Å². The van der Waals surface area contributed by atoms with Gasteiger partial charge in [0.2, 0.25) is 5.91 Å². The zero-order valence-electron chi connectivity index (χ0n) is 15.5. The molecule has 2 amide bonds. The molecule has 1 N–H and O–H groups in total. The van der Waals surface area contributed by atoms with Crippen molar-refractivity contribution in [1.82, 2.24) is 9.80 Å². The highest BCUT2D eigenvalue weighted by molar-refractivity contribution is 5.98. The van der Waals surface area contributed by atoms with E-state index in [2.05, 4.69) is 16.3 Å². The number of rotatable bonds is 6. The fraction of sp³-hybridized carbons (Fsp3) is 0.364. The summed E-state index contributed by atoms with van der Waals surface area (Å²) in [6.45, 7) is 4.27. The van der Waals surface area contributed by atoms with Gasteiger partial charge < -0.3 is 10.2 Å². The molecule has 0 unspecified atom stereocenters. The monoisotopic (exact) mass is 363 g/mol. The summed E-state index contributed by atoms with van der Waals surface area (Å²) in [6.07, 6.45) is 2.85. The summed E-state index contributed by atoms with van der Waals surface area (Å²) in [5.74, 6) is -0.0388. The van der Waals surface area contributed by atoms with Gasteiger partial charge in [-0.15, -0.1) is 0 Å². The third-order valence-electron chi connectivity index (χ3n) is 5.32. The predicted molar refractivity (Wildman–Crippen MR) is 105 cm³/mol. The SMILES string of the molecule is O=C(CCN1Cc2ccccc2C1=O)Nc1cccc(CN2CCCC2)c1. The molecule has 2 heterocycles. The van der Waals surface area contributed by atoms with E-state index in [9.17, 15) is 9.59 Å². The summed E-state index contributed by atoms with van der Waals surface area (Å²) < 4.78 is 0. The minimum atomic E-state index is -0.0583. The van der Waals surface area contributed by atoms with Crippen molar-refractivity contribution in [3.63, 3.8) is 0 Å². The molecule has 1 saturated heterocycles. The third kappa shape index (κ3) is 4.19. The van der Waals surface area contributed by atoms with Crippen molar-refractivity contribution in [1.29, 1.82) is 0 Å². The topological polar surface area (TPSA) is 52.7 Å². The second-order valence-corrected chi connectivity index (χ2v) is 7.37. The van der Waals surface area contributed by atoms with Crippen LogP contribution in [0.15, 0.2) is 48.5 Å². The van der Waals surface area contributed by atoms with Crippen LogP contribution in [-0.4, -0.2) is 41.2 Å². The van der Waals surface area contributed by atoms with Crippen molar-refractivity contribution in [3.8, 4) is 0 Å². The van der Waals surface area contributed by atoms with Crippen LogP contribution in [0.2, 0.25) is 0 Å². The van der Waals surface area contributed by atoms with Gasteiger partial charge in [-0.2, -0.15) is 0 Å². The van der Waals surface area contributed by atoms with E-state index >= 15 is 0 Å². The molecule has 2 aromatic rings. The number of likely N-dealkylation sites (tertiary alicyclic amines) is 1. The Hall–Kier alpha value is -2.66. The van der Waals surface area contributed by atoms with Crippen LogP contribution in [-0.2, 0) is 17.9 Å². The lowest BCUT2D eigenvalue weighted by atomic mass is 10.1. The van der Waals surface area contributed by atoms with Gasteiger partial charge in [-0.05, 0) is 55.3 Å². The molecular weight excluding hydrogens is 338 g/mol. The lowest BCUT2D eigenvalue weighted by Gasteiger charge is -2.16. The van der Waals surface area contributed by atoms with Crippen LogP contribution in [0.1, 0.15) is 40.7 Å². The largest absolute Gasteiger partial charge is 0.334 e. The number of hydrogen-bond donors (Lipinski definition) is 1. The molecule has 0 radical (unpaired) electrons. The van der Waals surface area contributed by atoms with E-state index in [4.69, 9.17) is 0 Å². The molecule has 0 aromatic heterocycles. The third-order valence-corrected chi connectivity index (χ3v) is 5.32. The molecule has 0 spiro atoms. The van der Waals surface area contributed by atoms with E-state index in [-0.39, 0.29) is 11.8 Å². The van der Waals surface area contributed by atoms with Crippen LogP contribution in [0, 0.1) is 0 Å². The summed E-state index contributed by atoms with van der Waals surface area (Å²) in [4.78, 5) is 28.9. The van der Waals surface area contributed by atoms with Gasteiger partial charge in [0.25, 0.3) is 5.91 Å². The van der Waals surface area contributed by atoms with Crippen molar-refractivity contribution in [2.24, 2.45) is 0 Å². The Morgan fingerprint density at radius 3 is 2.67 bits per heavy atom. The molecule has 0 atom stereocenters. The van der Waals surface area contributed by atoms with Gasteiger partial charge >= 0.3 is 0 Å². The van der Waals surface area contributed by atoms with Crippen LogP contribution < -0.4 is 5.32 Å². The van der Waals surface area contributed by atoms with Crippen LogP contribution in [0.3, 0.4) is 0 Å². The molecule has 1 fully saturated rings. The van der Waals surface area contributed by atoms with Gasteiger partial charge in [-0.1, -0.05) is 30.3 Å². The zero-order valence-corrected chi connectivity index (χ0v) is 15.5. The molecule has 4 rings (SSSR count). The first kappa shape index (κ1) is 17.7. The average molecular weight is 363 g/mol. The number of carbonyl (C=O) groups excluding carboxylic acids is 2. The lowest BCUT2D eigenvalue weighted by Crippen LogP contribution is -2.28. The van der Waals surface area contributed by atoms with Crippen LogP contribution in [0.4, 0.5) is 5.69 Å². The highest BCUT2D eigenvalue weighted by Gasteiger charge is 2.26. The fourth-order valence-corrected chi connectivity index (χ4v) is 3.90. The summed E-state index contributed by atoms with van der Waals surface area (Å²) in [7, 11) is 0. The number of benzene rings is 2. The molecule has 2 aliphatic rings.